The lowest BCUT2D eigenvalue weighted by atomic mass is 9.40. The van der Waals surface area contributed by atoms with Crippen molar-refractivity contribution in [2.75, 3.05) is 7.11 Å². The van der Waals surface area contributed by atoms with Crippen molar-refractivity contribution in [2.45, 2.75) is 97.2 Å². The summed E-state index contributed by atoms with van der Waals surface area (Å²) < 4.78 is 10.9. The number of carbonyl (C=O) groups excluding carboxylic acids is 2. The van der Waals surface area contributed by atoms with Crippen LogP contribution in [0.2, 0.25) is 0 Å². The second-order valence-electron chi connectivity index (χ2n) is 11.0. The molecule has 4 saturated carbocycles. The molecule has 1 N–H and O–H groups in total. The molecule has 0 aromatic rings. The Morgan fingerprint density at radius 3 is 2.41 bits per heavy atom. The first-order valence-electron chi connectivity index (χ1n) is 11.6. The molecule has 4 aliphatic rings. The molecule has 4 rings (SSSR count). The largest absolute Gasteiger partial charge is 0.467 e. The first-order valence-corrected chi connectivity index (χ1v) is 11.6. The summed E-state index contributed by atoms with van der Waals surface area (Å²) in [6.45, 7) is 8.62. The number of hydrogen-bond donors (Lipinski definition) is 1. The van der Waals surface area contributed by atoms with Gasteiger partial charge in [-0.15, -0.1) is 0 Å². The Bertz CT molecular complexity index is 705. The van der Waals surface area contributed by atoms with Gasteiger partial charge in [-0.05, 0) is 67.6 Å². The van der Waals surface area contributed by atoms with Crippen molar-refractivity contribution < 1.29 is 24.2 Å². The molecule has 0 aliphatic heterocycles. The number of hydrogen-bond acceptors (Lipinski definition) is 5. The van der Waals surface area contributed by atoms with Gasteiger partial charge in [-0.3, -0.25) is 4.79 Å². The fraction of sp³-hybridized carbons (Fsp3) is 0.917. The average Bonchev–Trinajstić information content (AvgIpc) is 2.85. The van der Waals surface area contributed by atoms with E-state index in [2.05, 4.69) is 20.8 Å². The maximum absolute atomic E-state index is 12.8. The van der Waals surface area contributed by atoms with Gasteiger partial charge in [-0.25, -0.2) is 4.79 Å². The molecule has 8 atom stereocenters. The first kappa shape index (κ1) is 21.1. The molecular weight excluding hydrogens is 368 g/mol. The minimum Gasteiger partial charge on any atom is -0.467 e. The molecule has 1 spiro atoms. The second-order valence-corrected chi connectivity index (χ2v) is 11.0. The highest BCUT2D eigenvalue weighted by Gasteiger charge is 2.75. The van der Waals surface area contributed by atoms with Crippen LogP contribution in [0.1, 0.15) is 85.5 Å². The van der Waals surface area contributed by atoms with Gasteiger partial charge in [0.15, 0.2) is 0 Å². The standard InChI is InChI=1S/C24H38O5/c1-6-21(3)11-7-12-22(4)17(21)10-13-23-14-16(8-9-18(22)23)24(27,20(26)28-5)19(23)29-15(2)25/h16-19,27H,6-14H2,1-5H3/t16-,17-,18+,19-,21-,22-,23-,24+/m1/s1. The second kappa shape index (κ2) is 6.70. The van der Waals surface area contributed by atoms with Crippen LogP contribution >= 0.6 is 0 Å². The van der Waals surface area contributed by atoms with Crippen LogP contribution in [0.5, 0.6) is 0 Å². The third kappa shape index (κ3) is 2.61. The van der Waals surface area contributed by atoms with E-state index >= 15 is 0 Å². The smallest absolute Gasteiger partial charge is 0.342 e. The lowest BCUT2D eigenvalue weighted by Crippen LogP contribution is -2.61. The minimum absolute atomic E-state index is 0.159. The van der Waals surface area contributed by atoms with Crippen molar-refractivity contribution in [3.05, 3.63) is 0 Å². The molecule has 4 fully saturated rings. The highest BCUT2D eigenvalue weighted by molar-refractivity contribution is 5.82. The lowest BCUT2D eigenvalue weighted by Gasteiger charge is -2.65. The highest BCUT2D eigenvalue weighted by Crippen LogP contribution is 2.73. The van der Waals surface area contributed by atoms with E-state index in [1.807, 2.05) is 0 Å². The van der Waals surface area contributed by atoms with E-state index in [0.29, 0.717) is 17.3 Å². The molecule has 29 heavy (non-hydrogen) atoms. The summed E-state index contributed by atoms with van der Waals surface area (Å²) in [6, 6.07) is 0. The highest BCUT2D eigenvalue weighted by atomic mass is 16.6. The lowest BCUT2D eigenvalue weighted by molar-refractivity contribution is -0.211. The Labute approximate surface area is 174 Å². The Kier molecular flexibility index (Phi) is 4.88. The number of aliphatic hydroxyl groups is 1. The summed E-state index contributed by atoms with van der Waals surface area (Å²) in [6.07, 6.45) is 8.63. The first-order chi connectivity index (χ1) is 13.6. The van der Waals surface area contributed by atoms with Crippen molar-refractivity contribution in [3.8, 4) is 0 Å². The minimum atomic E-state index is -1.72. The van der Waals surface area contributed by atoms with E-state index in [-0.39, 0.29) is 16.7 Å². The fourth-order valence-electron chi connectivity index (χ4n) is 8.83. The van der Waals surface area contributed by atoms with E-state index in [9.17, 15) is 14.7 Å². The summed E-state index contributed by atoms with van der Waals surface area (Å²) in [5, 5.41) is 11.6. The molecule has 0 saturated heterocycles. The zero-order valence-corrected chi connectivity index (χ0v) is 18.8. The van der Waals surface area contributed by atoms with Gasteiger partial charge < -0.3 is 14.6 Å². The molecule has 0 heterocycles. The third-order valence-corrected chi connectivity index (χ3v) is 10.1. The van der Waals surface area contributed by atoms with Gasteiger partial charge in [0.2, 0.25) is 5.60 Å². The average molecular weight is 407 g/mol. The SMILES string of the molecule is CC[C@]1(C)CCC[C@]2(C)[C@@H]1CC[C@@]13C[C@@H](CC[C@@H]21)[C@@](O)(C(=O)OC)[C@@H]3OC(C)=O. The Hall–Kier alpha value is -1.10. The van der Waals surface area contributed by atoms with Gasteiger partial charge in [-0.1, -0.05) is 33.6 Å². The van der Waals surface area contributed by atoms with Gasteiger partial charge in [-0.2, -0.15) is 0 Å². The van der Waals surface area contributed by atoms with Crippen LogP contribution in [0.25, 0.3) is 0 Å². The number of ether oxygens (including phenoxy) is 2. The monoisotopic (exact) mass is 406 g/mol. The molecular formula is C24H38O5. The van der Waals surface area contributed by atoms with Gasteiger partial charge in [0.05, 0.1) is 7.11 Å². The van der Waals surface area contributed by atoms with E-state index in [4.69, 9.17) is 9.47 Å². The molecule has 0 amide bonds. The molecule has 0 aromatic carbocycles. The molecule has 2 bridgehead atoms. The number of fused-ring (bicyclic) bond motifs is 3. The van der Waals surface area contributed by atoms with Crippen molar-refractivity contribution in [1.82, 2.24) is 0 Å². The van der Waals surface area contributed by atoms with Crippen molar-refractivity contribution in [1.29, 1.82) is 0 Å². The van der Waals surface area contributed by atoms with Crippen molar-refractivity contribution in [3.63, 3.8) is 0 Å². The summed E-state index contributed by atoms with van der Waals surface area (Å²) in [7, 11) is 1.31. The topological polar surface area (TPSA) is 72.8 Å². The fourth-order valence-corrected chi connectivity index (χ4v) is 8.83. The molecule has 5 nitrogen and oxygen atoms in total. The summed E-state index contributed by atoms with van der Waals surface area (Å²) in [5.74, 6) is -0.255. The maximum atomic E-state index is 12.8. The Morgan fingerprint density at radius 1 is 1.07 bits per heavy atom. The molecule has 0 radical (unpaired) electrons. The maximum Gasteiger partial charge on any atom is 0.342 e. The number of carbonyl (C=O) groups is 2. The summed E-state index contributed by atoms with van der Waals surface area (Å²) in [5.41, 5.74) is -1.54. The van der Waals surface area contributed by atoms with Crippen LogP contribution in [0.15, 0.2) is 0 Å². The zero-order valence-electron chi connectivity index (χ0n) is 18.8. The van der Waals surface area contributed by atoms with Gasteiger partial charge >= 0.3 is 11.9 Å². The Balaban J connectivity index is 1.81. The van der Waals surface area contributed by atoms with E-state index < -0.39 is 23.6 Å². The number of esters is 2. The number of methoxy groups -OCH3 is 1. The number of rotatable bonds is 3. The van der Waals surface area contributed by atoms with Gasteiger partial charge in [0.1, 0.15) is 6.10 Å². The molecule has 164 valence electrons. The van der Waals surface area contributed by atoms with E-state index in [0.717, 1.165) is 32.1 Å². The molecule has 4 aliphatic carbocycles. The van der Waals surface area contributed by atoms with Crippen LogP contribution in [0, 0.1) is 34.0 Å². The third-order valence-electron chi connectivity index (χ3n) is 10.1. The van der Waals surface area contributed by atoms with Gasteiger partial charge in [0.25, 0.3) is 0 Å². The van der Waals surface area contributed by atoms with Crippen LogP contribution in [-0.2, 0) is 19.1 Å². The molecule has 5 heteroatoms. The molecule has 0 aromatic heterocycles. The van der Waals surface area contributed by atoms with E-state index in [1.165, 1.54) is 39.7 Å². The Morgan fingerprint density at radius 2 is 1.79 bits per heavy atom. The van der Waals surface area contributed by atoms with Gasteiger partial charge in [0, 0.05) is 18.3 Å². The van der Waals surface area contributed by atoms with E-state index in [1.54, 1.807) is 0 Å². The van der Waals surface area contributed by atoms with Crippen LogP contribution in [0.4, 0.5) is 0 Å². The molecule has 0 unspecified atom stereocenters. The van der Waals surface area contributed by atoms with Crippen molar-refractivity contribution in [2.24, 2.45) is 34.0 Å². The summed E-state index contributed by atoms with van der Waals surface area (Å²) in [4.78, 5) is 24.9. The predicted molar refractivity (Wildman–Crippen MR) is 109 cm³/mol. The van der Waals surface area contributed by atoms with Crippen molar-refractivity contribution >= 4 is 11.9 Å². The van der Waals surface area contributed by atoms with Crippen LogP contribution in [0.3, 0.4) is 0 Å². The zero-order chi connectivity index (χ0) is 21.2. The summed E-state index contributed by atoms with van der Waals surface area (Å²) >= 11 is 0. The van der Waals surface area contributed by atoms with Crippen LogP contribution in [-0.4, -0.2) is 35.9 Å². The predicted octanol–water partition coefficient (Wildman–Crippen LogP) is 4.26. The van der Waals surface area contributed by atoms with Crippen LogP contribution < -0.4 is 0 Å². The normalized spacial score (nSPS) is 51.0. The quantitative estimate of drug-likeness (QED) is 0.709.